The Labute approximate surface area is 185 Å². The summed E-state index contributed by atoms with van der Waals surface area (Å²) < 4.78 is 29.0. The largest absolute Gasteiger partial charge is 0.371 e. The molecule has 0 amide bonds. The van der Waals surface area contributed by atoms with Crippen molar-refractivity contribution in [1.82, 2.24) is 9.97 Å². The standard InChI is InChI=1S/C25H24F2N4O/c1-2-20(32)13-17-9-10-22(26)21(14-17)24-23(27)16-28-25(30-24)29-18-7-6-8-19(15-18)31-11-4-3-5-12-31/h2,6-10,14-16H,1,3-5,11-13H2,(H,28,29,30). The zero-order valence-electron chi connectivity index (χ0n) is 17.7. The molecule has 5 nitrogen and oxygen atoms in total. The first-order valence-electron chi connectivity index (χ1n) is 10.6. The third-order valence-corrected chi connectivity index (χ3v) is 5.46. The smallest absolute Gasteiger partial charge is 0.227 e. The van der Waals surface area contributed by atoms with E-state index in [0.29, 0.717) is 5.56 Å². The van der Waals surface area contributed by atoms with Gasteiger partial charge in [0.15, 0.2) is 11.6 Å². The lowest BCUT2D eigenvalue weighted by atomic mass is 10.0. The number of halogens is 2. The highest BCUT2D eigenvalue weighted by atomic mass is 19.1. The van der Waals surface area contributed by atoms with Crippen molar-refractivity contribution in [3.05, 3.63) is 78.5 Å². The number of carbonyl (C=O) groups excluding carboxylic acids is 1. The SMILES string of the molecule is C=CC(=O)Cc1ccc(F)c(-c2nc(Nc3cccc(N4CCCCC4)c3)ncc2F)c1. The number of carbonyl (C=O) groups is 1. The molecule has 1 aromatic heterocycles. The van der Waals surface area contributed by atoms with Crippen LogP contribution in [0.1, 0.15) is 24.8 Å². The molecule has 1 aliphatic heterocycles. The molecule has 4 rings (SSSR count). The van der Waals surface area contributed by atoms with Gasteiger partial charge in [-0.25, -0.2) is 18.7 Å². The molecule has 0 bridgehead atoms. The fourth-order valence-electron chi connectivity index (χ4n) is 3.82. The third kappa shape index (κ3) is 4.99. The summed E-state index contributed by atoms with van der Waals surface area (Å²) in [5.74, 6) is -1.43. The summed E-state index contributed by atoms with van der Waals surface area (Å²) in [6.07, 6.45) is 5.86. The van der Waals surface area contributed by atoms with Gasteiger partial charge in [0.1, 0.15) is 11.5 Å². The van der Waals surface area contributed by atoms with Crippen molar-refractivity contribution < 1.29 is 13.6 Å². The number of benzene rings is 2. The maximum atomic E-state index is 14.5. The summed E-state index contributed by atoms with van der Waals surface area (Å²) in [6.45, 7) is 5.48. The highest BCUT2D eigenvalue weighted by Gasteiger charge is 2.16. The van der Waals surface area contributed by atoms with Crippen molar-refractivity contribution in [1.29, 1.82) is 0 Å². The first-order valence-corrected chi connectivity index (χ1v) is 10.6. The van der Waals surface area contributed by atoms with Crippen LogP contribution in [0.15, 0.2) is 61.3 Å². The second-order valence-corrected chi connectivity index (χ2v) is 7.77. The van der Waals surface area contributed by atoms with Gasteiger partial charge in [0.05, 0.1) is 6.20 Å². The zero-order chi connectivity index (χ0) is 22.5. The Morgan fingerprint density at radius 3 is 2.69 bits per heavy atom. The number of nitrogens with one attached hydrogen (secondary N) is 1. The lowest BCUT2D eigenvalue weighted by molar-refractivity contribution is -0.114. The van der Waals surface area contributed by atoms with Gasteiger partial charge in [-0.3, -0.25) is 4.79 Å². The number of hydrogen-bond donors (Lipinski definition) is 1. The van der Waals surface area contributed by atoms with E-state index in [1.54, 1.807) is 0 Å². The minimum atomic E-state index is -0.747. The Kier molecular flexibility index (Phi) is 6.54. The van der Waals surface area contributed by atoms with Crippen LogP contribution in [-0.2, 0) is 11.2 Å². The third-order valence-electron chi connectivity index (χ3n) is 5.46. The number of nitrogens with zero attached hydrogens (tertiary/aromatic N) is 3. The highest BCUT2D eigenvalue weighted by Crippen LogP contribution is 2.28. The molecule has 0 radical (unpaired) electrons. The zero-order valence-corrected chi connectivity index (χ0v) is 17.7. The molecule has 0 saturated carbocycles. The van der Waals surface area contributed by atoms with Gasteiger partial charge in [0.25, 0.3) is 0 Å². The van der Waals surface area contributed by atoms with E-state index in [-0.39, 0.29) is 29.4 Å². The number of anilines is 3. The van der Waals surface area contributed by atoms with Crippen LogP contribution in [0.5, 0.6) is 0 Å². The minimum Gasteiger partial charge on any atom is -0.371 e. The number of aromatic nitrogens is 2. The van der Waals surface area contributed by atoms with E-state index in [2.05, 4.69) is 32.8 Å². The molecule has 2 aromatic carbocycles. The Hall–Kier alpha value is -3.61. The molecule has 164 valence electrons. The molecule has 0 spiro atoms. The van der Waals surface area contributed by atoms with E-state index in [9.17, 15) is 13.6 Å². The van der Waals surface area contributed by atoms with Crippen LogP contribution < -0.4 is 10.2 Å². The van der Waals surface area contributed by atoms with Gasteiger partial charge in [0, 0.05) is 36.4 Å². The summed E-state index contributed by atoms with van der Waals surface area (Å²) in [5, 5.41) is 3.09. The maximum Gasteiger partial charge on any atom is 0.227 e. The van der Waals surface area contributed by atoms with Crippen LogP contribution in [-0.4, -0.2) is 28.8 Å². The number of ketones is 1. The average molecular weight is 434 g/mol. The summed E-state index contributed by atoms with van der Waals surface area (Å²) >= 11 is 0. The minimum absolute atomic E-state index is 0.0237. The predicted molar refractivity (Wildman–Crippen MR) is 122 cm³/mol. The number of rotatable bonds is 7. The molecule has 1 N–H and O–H groups in total. The maximum absolute atomic E-state index is 14.5. The predicted octanol–water partition coefficient (Wildman–Crippen LogP) is 5.45. The average Bonchev–Trinajstić information content (AvgIpc) is 2.82. The Balaban J connectivity index is 1.61. The summed E-state index contributed by atoms with van der Waals surface area (Å²) in [7, 11) is 0. The Bertz CT molecular complexity index is 1140. The van der Waals surface area contributed by atoms with Crippen molar-refractivity contribution >= 4 is 23.1 Å². The Morgan fingerprint density at radius 1 is 1.09 bits per heavy atom. The molecule has 3 aromatic rings. The van der Waals surface area contributed by atoms with Crippen molar-refractivity contribution in [3.8, 4) is 11.3 Å². The molecule has 1 aliphatic rings. The second kappa shape index (κ2) is 9.68. The normalized spacial score (nSPS) is 13.6. The van der Waals surface area contributed by atoms with Gasteiger partial charge >= 0.3 is 0 Å². The van der Waals surface area contributed by atoms with Gasteiger partial charge < -0.3 is 10.2 Å². The van der Waals surface area contributed by atoms with E-state index >= 15 is 0 Å². The molecule has 1 saturated heterocycles. The van der Waals surface area contributed by atoms with Crippen LogP contribution >= 0.6 is 0 Å². The van der Waals surface area contributed by atoms with Crippen molar-refractivity contribution in [2.45, 2.75) is 25.7 Å². The van der Waals surface area contributed by atoms with Crippen LogP contribution in [0.3, 0.4) is 0 Å². The molecule has 0 aliphatic carbocycles. The van der Waals surface area contributed by atoms with Crippen LogP contribution in [0.4, 0.5) is 26.1 Å². The van der Waals surface area contributed by atoms with Gasteiger partial charge in [-0.1, -0.05) is 18.7 Å². The van der Waals surface area contributed by atoms with Crippen LogP contribution in [0.2, 0.25) is 0 Å². The van der Waals surface area contributed by atoms with Crippen molar-refractivity contribution in [3.63, 3.8) is 0 Å². The number of piperidine rings is 1. The second-order valence-electron chi connectivity index (χ2n) is 7.77. The lowest BCUT2D eigenvalue weighted by Crippen LogP contribution is -2.29. The van der Waals surface area contributed by atoms with Gasteiger partial charge in [-0.15, -0.1) is 0 Å². The van der Waals surface area contributed by atoms with Crippen LogP contribution in [0, 0.1) is 11.6 Å². The molecule has 0 unspecified atom stereocenters. The molecule has 32 heavy (non-hydrogen) atoms. The van der Waals surface area contributed by atoms with E-state index in [0.717, 1.165) is 30.7 Å². The summed E-state index contributed by atoms with van der Waals surface area (Å²) in [6, 6.07) is 12.0. The van der Waals surface area contributed by atoms with Crippen molar-refractivity contribution in [2.75, 3.05) is 23.3 Å². The van der Waals surface area contributed by atoms with Gasteiger partial charge in [-0.2, -0.15) is 0 Å². The molecule has 0 atom stereocenters. The lowest BCUT2D eigenvalue weighted by Gasteiger charge is -2.29. The molecular weight excluding hydrogens is 410 g/mol. The van der Waals surface area contributed by atoms with E-state index in [1.165, 1.54) is 43.5 Å². The monoisotopic (exact) mass is 434 g/mol. The van der Waals surface area contributed by atoms with E-state index in [4.69, 9.17) is 0 Å². The molecular formula is C25H24F2N4O. The van der Waals surface area contributed by atoms with E-state index < -0.39 is 11.6 Å². The first-order chi connectivity index (χ1) is 15.5. The number of allylic oxidation sites excluding steroid dienone is 1. The number of hydrogen-bond acceptors (Lipinski definition) is 5. The fourth-order valence-corrected chi connectivity index (χ4v) is 3.82. The van der Waals surface area contributed by atoms with Gasteiger partial charge in [0.2, 0.25) is 5.95 Å². The topological polar surface area (TPSA) is 58.1 Å². The van der Waals surface area contributed by atoms with E-state index in [1.807, 2.05) is 18.2 Å². The Morgan fingerprint density at radius 2 is 1.91 bits per heavy atom. The van der Waals surface area contributed by atoms with Crippen molar-refractivity contribution in [2.24, 2.45) is 0 Å². The fraction of sp³-hybridized carbons (Fsp3) is 0.240. The van der Waals surface area contributed by atoms with Crippen LogP contribution in [0.25, 0.3) is 11.3 Å². The highest BCUT2D eigenvalue weighted by molar-refractivity contribution is 5.91. The molecule has 2 heterocycles. The molecule has 7 heteroatoms. The summed E-state index contributed by atoms with van der Waals surface area (Å²) in [4.78, 5) is 22.2. The summed E-state index contributed by atoms with van der Waals surface area (Å²) in [5.41, 5.74) is 2.22. The van der Waals surface area contributed by atoms with Gasteiger partial charge in [-0.05, 0) is 61.2 Å². The molecule has 1 fully saturated rings. The quantitative estimate of drug-likeness (QED) is 0.501. The first kappa shape index (κ1) is 21.6.